The first-order chi connectivity index (χ1) is 3.75. The molecule has 0 aromatic heterocycles. The largest absolute Gasteiger partial charge is 0.303 e. The maximum absolute atomic E-state index is 10.4. The van der Waals surface area contributed by atoms with Gasteiger partial charge in [0, 0.05) is 11.8 Å². The van der Waals surface area contributed by atoms with Crippen molar-refractivity contribution in [1.29, 1.82) is 0 Å². The Morgan fingerprint density at radius 3 is 2.50 bits per heavy atom. The van der Waals surface area contributed by atoms with Gasteiger partial charge in [-0.1, -0.05) is 0 Å². The molecule has 8 heavy (non-hydrogen) atoms. The van der Waals surface area contributed by atoms with Gasteiger partial charge >= 0.3 is 0 Å². The summed E-state index contributed by atoms with van der Waals surface area (Å²) < 4.78 is 0. The summed E-state index contributed by atoms with van der Waals surface area (Å²) in [5, 5.41) is 0. The average molecular weight is 112 g/mol. The fraction of sp³-hybridized carbons (Fsp3) is 0.667. The molecule has 2 atom stereocenters. The summed E-state index contributed by atoms with van der Waals surface area (Å²) in [5.41, 5.74) is 0. The van der Waals surface area contributed by atoms with Gasteiger partial charge in [0.15, 0.2) is 0 Å². The Kier molecular flexibility index (Phi) is 1.16. The number of aldehydes is 1. The maximum Gasteiger partial charge on any atom is 0.133 e. The topological polar surface area (TPSA) is 34.1 Å². The summed E-state index contributed by atoms with van der Waals surface area (Å²) in [6, 6.07) is 0. The van der Waals surface area contributed by atoms with E-state index in [2.05, 4.69) is 0 Å². The van der Waals surface area contributed by atoms with Crippen molar-refractivity contribution in [2.24, 2.45) is 11.8 Å². The Bertz CT molecular complexity index is 128. The normalized spacial score (nSPS) is 34.1. The highest BCUT2D eigenvalue weighted by Crippen LogP contribution is 2.36. The fourth-order valence-corrected chi connectivity index (χ4v) is 0.832. The van der Waals surface area contributed by atoms with Crippen molar-refractivity contribution in [3.05, 3.63) is 0 Å². The molecule has 2 nitrogen and oxygen atoms in total. The molecule has 0 aromatic carbocycles. The zero-order chi connectivity index (χ0) is 6.15. The lowest BCUT2D eigenvalue weighted by atomic mass is 10.2. The highest BCUT2D eigenvalue weighted by Gasteiger charge is 2.40. The average Bonchev–Trinajstić information content (AvgIpc) is 2.42. The first-order valence-electron chi connectivity index (χ1n) is 2.71. The zero-order valence-electron chi connectivity index (χ0n) is 4.76. The summed E-state index contributed by atoms with van der Waals surface area (Å²) in [6.45, 7) is 1.54. The SMILES string of the molecule is CC(=O)[C@H]1C[C@@H]1C=O. The minimum absolute atomic E-state index is 0.0625. The number of rotatable bonds is 2. The monoisotopic (exact) mass is 112 g/mol. The molecule has 2 heteroatoms. The highest BCUT2D eigenvalue weighted by atomic mass is 16.1. The van der Waals surface area contributed by atoms with E-state index in [-0.39, 0.29) is 17.6 Å². The first-order valence-corrected chi connectivity index (χ1v) is 2.71. The van der Waals surface area contributed by atoms with Gasteiger partial charge in [-0.25, -0.2) is 0 Å². The van der Waals surface area contributed by atoms with Gasteiger partial charge in [0.25, 0.3) is 0 Å². The van der Waals surface area contributed by atoms with Crippen LogP contribution in [-0.2, 0) is 9.59 Å². The van der Waals surface area contributed by atoms with E-state index < -0.39 is 0 Å². The molecule has 1 saturated carbocycles. The Hall–Kier alpha value is -0.660. The molecule has 0 aromatic rings. The molecule has 0 unspecified atom stereocenters. The van der Waals surface area contributed by atoms with Crippen molar-refractivity contribution in [2.45, 2.75) is 13.3 Å². The molecule has 0 amide bonds. The van der Waals surface area contributed by atoms with Gasteiger partial charge in [0.1, 0.15) is 12.1 Å². The van der Waals surface area contributed by atoms with Crippen LogP contribution < -0.4 is 0 Å². The van der Waals surface area contributed by atoms with Crippen LogP contribution in [0.4, 0.5) is 0 Å². The molecule has 0 saturated heterocycles. The van der Waals surface area contributed by atoms with E-state index in [1.807, 2.05) is 0 Å². The summed E-state index contributed by atoms with van der Waals surface area (Å²) in [5.74, 6) is 0.294. The van der Waals surface area contributed by atoms with Crippen LogP contribution in [0.3, 0.4) is 0 Å². The minimum Gasteiger partial charge on any atom is -0.303 e. The van der Waals surface area contributed by atoms with E-state index >= 15 is 0 Å². The number of hydrogen-bond acceptors (Lipinski definition) is 2. The molecule has 1 aliphatic carbocycles. The van der Waals surface area contributed by atoms with E-state index in [9.17, 15) is 9.59 Å². The third kappa shape index (κ3) is 0.782. The van der Waals surface area contributed by atoms with Gasteiger partial charge in [0.05, 0.1) is 0 Å². The molecule has 0 heterocycles. The molecule has 0 bridgehead atoms. The van der Waals surface area contributed by atoms with Crippen LogP contribution in [-0.4, -0.2) is 12.1 Å². The van der Waals surface area contributed by atoms with Crippen LogP contribution >= 0.6 is 0 Å². The van der Waals surface area contributed by atoms with Crippen molar-refractivity contribution in [3.8, 4) is 0 Å². The van der Waals surface area contributed by atoms with Crippen molar-refractivity contribution >= 4 is 12.1 Å². The molecule has 0 radical (unpaired) electrons. The van der Waals surface area contributed by atoms with Gasteiger partial charge in [-0.15, -0.1) is 0 Å². The van der Waals surface area contributed by atoms with Crippen molar-refractivity contribution in [1.82, 2.24) is 0 Å². The molecule has 1 aliphatic rings. The second kappa shape index (κ2) is 1.69. The van der Waals surface area contributed by atoms with Crippen LogP contribution in [0, 0.1) is 11.8 Å². The molecule has 1 fully saturated rings. The number of Topliss-reactive ketones (excluding diaryl/α,β-unsaturated/α-hetero) is 1. The highest BCUT2D eigenvalue weighted by molar-refractivity contribution is 5.85. The Morgan fingerprint density at radius 1 is 1.75 bits per heavy atom. The van der Waals surface area contributed by atoms with Gasteiger partial charge < -0.3 is 4.79 Å². The predicted octanol–water partition coefficient (Wildman–Crippen LogP) is 0.410. The van der Waals surface area contributed by atoms with Crippen molar-refractivity contribution in [3.63, 3.8) is 0 Å². The van der Waals surface area contributed by atoms with Crippen LogP contribution in [0.5, 0.6) is 0 Å². The number of carbonyl (C=O) groups is 2. The van der Waals surface area contributed by atoms with E-state index in [1.54, 1.807) is 0 Å². The number of carbonyl (C=O) groups excluding carboxylic acids is 2. The molecule has 44 valence electrons. The summed E-state index contributed by atoms with van der Waals surface area (Å²) in [7, 11) is 0. The third-order valence-electron chi connectivity index (χ3n) is 1.54. The second-order valence-electron chi connectivity index (χ2n) is 2.25. The Labute approximate surface area is 47.9 Å². The van der Waals surface area contributed by atoms with Crippen molar-refractivity contribution < 1.29 is 9.59 Å². The molecule has 1 rings (SSSR count). The van der Waals surface area contributed by atoms with E-state index in [0.717, 1.165) is 12.7 Å². The maximum atomic E-state index is 10.4. The lowest BCUT2D eigenvalue weighted by Gasteiger charge is -1.80. The smallest absolute Gasteiger partial charge is 0.133 e. The fourth-order valence-electron chi connectivity index (χ4n) is 0.832. The molecule has 0 spiro atoms. The van der Waals surface area contributed by atoms with Gasteiger partial charge in [-0.05, 0) is 13.3 Å². The predicted molar refractivity (Wildman–Crippen MR) is 28.3 cm³/mol. The van der Waals surface area contributed by atoms with Crippen LogP contribution in [0.15, 0.2) is 0 Å². The van der Waals surface area contributed by atoms with E-state index in [4.69, 9.17) is 0 Å². The Morgan fingerprint density at radius 2 is 2.38 bits per heavy atom. The minimum atomic E-state index is 0.0625. The summed E-state index contributed by atoms with van der Waals surface area (Å²) in [4.78, 5) is 20.3. The van der Waals surface area contributed by atoms with Gasteiger partial charge in [0.2, 0.25) is 0 Å². The van der Waals surface area contributed by atoms with Crippen molar-refractivity contribution in [2.75, 3.05) is 0 Å². The number of hydrogen-bond donors (Lipinski definition) is 0. The lowest BCUT2D eigenvalue weighted by molar-refractivity contribution is -0.119. The van der Waals surface area contributed by atoms with Crippen LogP contribution in [0.1, 0.15) is 13.3 Å². The zero-order valence-corrected chi connectivity index (χ0v) is 4.76. The molecule has 0 aliphatic heterocycles. The standard InChI is InChI=1S/C6H8O2/c1-4(8)6-2-5(6)3-7/h3,5-6H,2H2,1H3/t5-,6-/m1/s1. The van der Waals surface area contributed by atoms with Crippen LogP contribution in [0.2, 0.25) is 0 Å². The van der Waals surface area contributed by atoms with Crippen LogP contribution in [0.25, 0.3) is 0 Å². The second-order valence-corrected chi connectivity index (χ2v) is 2.25. The Balaban J connectivity index is 2.36. The van der Waals surface area contributed by atoms with E-state index in [1.165, 1.54) is 6.92 Å². The molecular weight excluding hydrogens is 104 g/mol. The van der Waals surface area contributed by atoms with Gasteiger partial charge in [-0.2, -0.15) is 0 Å². The first kappa shape index (κ1) is 5.48. The number of ketones is 1. The quantitative estimate of drug-likeness (QED) is 0.485. The summed E-state index contributed by atoms with van der Waals surface area (Å²) in [6.07, 6.45) is 1.66. The summed E-state index contributed by atoms with van der Waals surface area (Å²) >= 11 is 0. The molecular formula is C6H8O2. The molecule has 0 N–H and O–H groups in total. The van der Waals surface area contributed by atoms with E-state index in [0.29, 0.717) is 0 Å². The lowest BCUT2D eigenvalue weighted by Crippen LogP contribution is -1.94. The third-order valence-corrected chi connectivity index (χ3v) is 1.54. The van der Waals surface area contributed by atoms with Gasteiger partial charge in [-0.3, -0.25) is 4.79 Å².